The molecule has 0 aliphatic carbocycles. The van der Waals surface area contributed by atoms with Gasteiger partial charge in [-0.15, -0.1) is 0 Å². The topological polar surface area (TPSA) is 71.3 Å². The highest BCUT2D eigenvalue weighted by molar-refractivity contribution is 6.04. The molecule has 146 valence electrons. The van der Waals surface area contributed by atoms with Gasteiger partial charge in [-0.05, 0) is 41.5 Å². The molecule has 29 heavy (non-hydrogen) atoms. The molecular formula is C24H22N2O3. The van der Waals surface area contributed by atoms with Crippen molar-refractivity contribution < 1.29 is 14.3 Å². The van der Waals surface area contributed by atoms with Gasteiger partial charge >= 0.3 is 0 Å². The van der Waals surface area contributed by atoms with Gasteiger partial charge in [0.2, 0.25) is 0 Å². The van der Waals surface area contributed by atoms with E-state index in [1.54, 1.807) is 25.3 Å². The average Bonchev–Trinajstić information content (AvgIpc) is 2.78. The molecule has 3 aromatic carbocycles. The zero-order valence-corrected chi connectivity index (χ0v) is 16.4. The molecule has 0 fully saturated rings. The second-order valence-electron chi connectivity index (χ2n) is 6.47. The minimum Gasteiger partial charge on any atom is -0.493 e. The lowest BCUT2D eigenvalue weighted by molar-refractivity contribution is 0.102. The summed E-state index contributed by atoms with van der Waals surface area (Å²) in [7, 11) is 3.08. The summed E-state index contributed by atoms with van der Waals surface area (Å²) in [6.07, 6.45) is 0.390. The Morgan fingerprint density at radius 3 is 2.21 bits per heavy atom. The van der Waals surface area contributed by atoms with Crippen molar-refractivity contribution in [3.63, 3.8) is 0 Å². The third-order valence-electron chi connectivity index (χ3n) is 4.71. The van der Waals surface area contributed by atoms with Crippen LogP contribution in [0.4, 0.5) is 5.69 Å². The lowest BCUT2D eigenvalue weighted by Crippen LogP contribution is -2.12. The summed E-state index contributed by atoms with van der Waals surface area (Å²) >= 11 is 0. The Morgan fingerprint density at radius 2 is 1.59 bits per heavy atom. The maximum atomic E-state index is 12.6. The number of nitrogens with one attached hydrogen (secondary N) is 1. The Hall–Kier alpha value is -3.78. The number of ether oxygens (including phenoxy) is 2. The molecule has 0 aliphatic rings. The minimum atomic E-state index is -0.240. The second kappa shape index (κ2) is 9.43. The predicted octanol–water partition coefficient (Wildman–Crippen LogP) is 5.00. The number of carbonyl (C=O) groups is 1. The maximum absolute atomic E-state index is 12.6. The number of amides is 1. The molecule has 5 nitrogen and oxygen atoms in total. The zero-order valence-electron chi connectivity index (χ0n) is 16.4. The van der Waals surface area contributed by atoms with Crippen LogP contribution in [0.3, 0.4) is 0 Å². The van der Waals surface area contributed by atoms with Crippen molar-refractivity contribution in [2.24, 2.45) is 0 Å². The van der Waals surface area contributed by atoms with Crippen molar-refractivity contribution in [3.05, 3.63) is 89.5 Å². The first-order valence-corrected chi connectivity index (χ1v) is 9.21. The highest BCUT2D eigenvalue weighted by atomic mass is 16.5. The van der Waals surface area contributed by atoms with E-state index < -0.39 is 0 Å². The van der Waals surface area contributed by atoms with Crippen LogP contribution < -0.4 is 14.8 Å². The van der Waals surface area contributed by atoms with Gasteiger partial charge in [-0.1, -0.05) is 42.5 Å². The first-order chi connectivity index (χ1) is 14.2. The number of hydrogen-bond donors (Lipinski definition) is 1. The largest absolute Gasteiger partial charge is 0.493 e. The van der Waals surface area contributed by atoms with Crippen molar-refractivity contribution in [2.75, 3.05) is 19.5 Å². The number of nitrogens with zero attached hydrogens (tertiary/aromatic N) is 1. The number of carbonyl (C=O) groups excluding carboxylic acids is 1. The Kier molecular flexibility index (Phi) is 6.49. The van der Waals surface area contributed by atoms with E-state index in [1.165, 1.54) is 7.11 Å². The lowest BCUT2D eigenvalue weighted by atomic mass is 9.89. The van der Waals surface area contributed by atoms with Gasteiger partial charge in [-0.2, -0.15) is 5.26 Å². The van der Waals surface area contributed by atoms with Crippen LogP contribution in [0.15, 0.2) is 72.8 Å². The van der Waals surface area contributed by atoms with Crippen molar-refractivity contribution in [2.45, 2.75) is 12.3 Å². The third kappa shape index (κ3) is 4.74. The van der Waals surface area contributed by atoms with Crippen LogP contribution in [-0.2, 0) is 0 Å². The number of hydrogen-bond acceptors (Lipinski definition) is 4. The van der Waals surface area contributed by atoms with E-state index in [2.05, 4.69) is 11.4 Å². The van der Waals surface area contributed by atoms with Gasteiger partial charge in [0.15, 0.2) is 11.5 Å². The molecule has 1 N–H and O–H groups in total. The van der Waals surface area contributed by atoms with Crippen LogP contribution in [0, 0.1) is 11.3 Å². The first-order valence-electron chi connectivity index (χ1n) is 9.21. The minimum absolute atomic E-state index is 0.00296. The highest BCUT2D eigenvalue weighted by Gasteiger charge is 2.15. The van der Waals surface area contributed by atoms with E-state index in [-0.39, 0.29) is 11.8 Å². The smallest absolute Gasteiger partial charge is 0.255 e. The molecule has 1 amide bonds. The number of nitriles is 1. The Balaban J connectivity index is 1.76. The van der Waals surface area contributed by atoms with Crippen LogP contribution in [0.25, 0.3) is 0 Å². The van der Waals surface area contributed by atoms with Crippen molar-refractivity contribution >= 4 is 11.6 Å². The average molecular weight is 386 g/mol. The summed E-state index contributed by atoms with van der Waals surface area (Å²) in [6.45, 7) is 0. The molecule has 0 bridgehead atoms. The molecule has 3 rings (SSSR count). The maximum Gasteiger partial charge on any atom is 0.255 e. The van der Waals surface area contributed by atoms with Crippen molar-refractivity contribution in [1.82, 2.24) is 0 Å². The van der Waals surface area contributed by atoms with Gasteiger partial charge in [-0.3, -0.25) is 4.79 Å². The molecule has 1 atom stereocenters. The fraction of sp³-hybridized carbons (Fsp3) is 0.167. The summed E-state index contributed by atoms with van der Waals surface area (Å²) in [5.41, 5.74) is 3.27. The van der Waals surface area contributed by atoms with Crippen LogP contribution in [-0.4, -0.2) is 20.1 Å². The molecule has 0 aromatic heterocycles. The predicted molar refractivity (Wildman–Crippen MR) is 112 cm³/mol. The fourth-order valence-electron chi connectivity index (χ4n) is 3.18. The number of anilines is 1. The van der Waals surface area contributed by atoms with Crippen LogP contribution >= 0.6 is 0 Å². The monoisotopic (exact) mass is 386 g/mol. The molecule has 0 saturated heterocycles. The Bertz CT molecular complexity index is 1010. The Morgan fingerprint density at radius 1 is 0.931 bits per heavy atom. The summed E-state index contributed by atoms with van der Waals surface area (Å²) in [4.78, 5) is 12.6. The summed E-state index contributed by atoms with van der Waals surface area (Å²) in [6, 6.07) is 24.8. The third-order valence-corrected chi connectivity index (χ3v) is 4.71. The van der Waals surface area contributed by atoms with Crippen molar-refractivity contribution in [1.29, 1.82) is 5.26 Å². The number of methoxy groups -OCH3 is 2. The zero-order chi connectivity index (χ0) is 20.6. The first kappa shape index (κ1) is 20.0. The molecule has 0 saturated carbocycles. The summed E-state index contributed by atoms with van der Waals surface area (Å²) in [5.74, 6) is 0.822. The molecule has 1 unspecified atom stereocenters. The lowest BCUT2D eigenvalue weighted by Gasteiger charge is -2.15. The van der Waals surface area contributed by atoms with Crippen LogP contribution in [0.2, 0.25) is 0 Å². The van der Waals surface area contributed by atoms with E-state index >= 15 is 0 Å². The van der Waals surface area contributed by atoms with E-state index in [4.69, 9.17) is 9.47 Å². The molecule has 5 heteroatoms. The van der Waals surface area contributed by atoms with E-state index in [1.807, 2.05) is 54.6 Å². The molecule has 0 aliphatic heterocycles. The molecule has 0 radical (unpaired) electrons. The van der Waals surface area contributed by atoms with Gasteiger partial charge in [0.05, 0.1) is 20.3 Å². The SMILES string of the molecule is COc1ccc(C(=O)Nc2ccc(C(CC#N)c3ccccc3)cc2)cc1OC. The van der Waals surface area contributed by atoms with E-state index in [9.17, 15) is 10.1 Å². The Labute approximate surface area is 170 Å². The van der Waals surface area contributed by atoms with E-state index in [0.29, 0.717) is 29.2 Å². The number of rotatable bonds is 7. The van der Waals surface area contributed by atoms with E-state index in [0.717, 1.165) is 11.1 Å². The van der Waals surface area contributed by atoms with Gasteiger partial charge in [-0.25, -0.2) is 0 Å². The van der Waals surface area contributed by atoms with Crippen LogP contribution in [0.1, 0.15) is 33.8 Å². The fourth-order valence-corrected chi connectivity index (χ4v) is 3.18. The van der Waals surface area contributed by atoms with Gasteiger partial charge in [0, 0.05) is 23.6 Å². The quantitative estimate of drug-likeness (QED) is 0.620. The van der Waals surface area contributed by atoms with Gasteiger partial charge in [0.25, 0.3) is 5.91 Å². The molecule has 0 spiro atoms. The molecule has 0 heterocycles. The van der Waals surface area contributed by atoms with Crippen LogP contribution in [0.5, 0.6) is 11.5 Å². The second-order valence-corrected chi connectivity index (χ2v) is 6.47. The van der Waals surface area contributed by atoms with Crippen molar-refractivity contribution in [3.8, 4) is 17.6 Å². The standard InChI is InChI=1S/C24H22N2O3/c1-28-22-13-10-19(16-23(22)29-2)24(27)26-20-11-8-18(9-12-20)21(14-15-25)17-6-4-3-5-7-17/h3-13,16,21H,14H2,1-2H3,(H,26,27). The summed E-state index contributed by atoms with van der Waals surface area (Å²) < 4.78 is 10.5. The highest BCUT2D eigenvalue weighted by Crippen LogP contribution is 2.30. The summed E-state index contributed by atoms with van der Waals surface area (Å²) in [5, 5.41) is 12.1. The number of benzene rings is 3. The van der Waals surface area contributed by atoms with Gasteiger partial charge in [0.1, 0.15) is 0 Å². The molecular weight excluding hydrogens is 364 g/mol. The normalized spacial score (nSPS) is 11.2. The van der Waals surface area contributed by atoms with Gasteiger partial charge < -0.3 is 14.8 Å². The molecule has 3 aromatic rings.